The molecule has 0 aliphatic heterocycles. The summed E-state index contributed by atoms with van der Waals surface area (Å²) in [4.78, 5) is 19.6. The van der Waals surface area contributed by atoms with E-state index in [1.165, 1.54) is 0 Å². The van der Waals surface area contributed by atoms with Gasteiger partial charge in [-0.1, -0.05) is 6.92 Å². The van der Waals surface area contributed by atoms with Crippen LogP contribution < -0.4 is 10.6 Å². The van der Waals surface area contributed by atoms with Crippen LogP contribution in [-0.4, -0.2) is 35.6 Å². The van der Waals surface area contributed by atoms with E-state index in [1.54, 1.807) is 13.1 Å². The second-order valence-corrected chi connectivity index (χ2v) is 4.33. The third-order valence-electron chi connectivity index (χ3n) is 1.98. The van der Waals surface area contributed by atoms with Gasteiger partial charge < -0.3 is 15.4 Å². The molecule has 0 radical (unpaired) electrons. The van der Waals surface area contributed by atoms with Crippen molar-refractivity contribution in [2.24, 2.45) is 0 Å². The summed E-state index contributed by atoms with van der Waals surface area (Å²) in [5.41, 5.74) is 0. The molecule has 0 atom stereocenters. The number of halogens is 1. The van der Waals surface area contributed by atoms with Gasteiger partial charge in [0.1, 0.15) is 12.4 Å². The first-order valence-electron chi connectivity index (χ1n) is 5.83. The summed E-state index contributed by atoms with van der Waals surface area (Å²) in [6, 6.07) is 0. The molecule has 1 aromatic rings. The van der Waals surface area contributed by atoms with Gasteiger partial charge in [0.05, 0.1) is 11.1 Å². The van der Waals surface area contributed by atoms with Crippen molar-refractivity contribution in [2.45, 2.75) is 20.3 Å². The zero-order valence-electron chi connectivity index (χ0n) is 10.5. The van der Waals surface area contributed by atoms with Gasteiger partial charge in [0.25, 0.3) is 0 Å². The van der Waals surface area contributed by atoms with Gasteiger partial charge in [-0.05, 0) is 29.3 Å². The van der Waals surface area contributed by atoms with Gasteiger partial charge in [-0.3, -0.25) is 4.79 Å². The number of hydrogen-bond acceptors (Lipinski definition) is 6. The first-order valence-corrected chi connectivity index (χ1v) is 6.62. The molecule has 7 heteroatoms. The maximum absolute atomic E-state index is 11.2. The van der Waals surface area contributed by atoms with Gasteiger partial charge >= 0.3 is 5.97 Å². The topological polar surface area (TPSA) is 76.1 Å². The Balaban J connectivity index is 2.60. The fourth-order valence-electron chi connectivity index (χ4n) is 1.18. The molecule has 0 unspecified atom stereocenters. The lowest BCUT2D eigenvalue weighted by atomic mass is 10.5. The number of carbonyl (C=O) groups is 1. The Hall–Kier alpha value is -1.37. The molecule has 0 amide bonds. The van der Waals surface area contributed by atoms with Crippen LogP contribution in [0, 0.1) is 0 Å². The quantitative estimate of drug-likeness (QED) is 0.750. The van der Waals surface area contributed by atoms with E-state index in [-0.39, 0.29) is 12.5 Å². The Morgan fingerprint density at radius 2 is 2.22 bits per heavy atom. The van der Waals surface area contributed by atoms with Crippen molar-refractivity contribution in [3.8, 4) is 0 Å². The van der Waals surface area contributed by atoms with Gasteiger partial charge in [-0.25, -0.2) is 4.98 Å². The average molecular weight is 317 g/mol. The summed E-state index contributed by atoms with van der Waals surface area (Å²) in [6.45, 7) is 5.08. The number of aromatic nitrogens is 2. The van der Waals surface area contributed by atoms with E-state index < -0.39 is 0 Å². The number of carbonyl (C=O) groups excluding carboxylic acids is 1. The van der Waals surface area contributed by atoms with Gasteiger partial charge in [0.15, 0.2) is 0 Å². The highest BCUT2D eigenvalue weighted by Crippen LogP contribution is 2.19. The fourth-order valence-corrected chi connectivity index (χ4v) is 1.51. The second-order valence-electron chi connectivity index (χ2n) is 3.48. The summed E-state index contributed by atoms with van der Waals surface area (Å²) in [6.07, 6.45) is 2.63. The summed E-state index contributed by atoms with van der Waals surface area (Å²) in [5.74, 6) is 0.786. The lowest BCUT2D eigenvalue weighted by Gasteiger charge is -2.09. The molecule has 1 heterocycles. The Kier molecular flexibility index (Phi) is 6.42. The lowest BCUT2D eigenvalue weighted by Crippen LogP contribution is -2.18. The molecule has 0 fully saturated rings. The van der Waals surface area contributed by atoms with Crippen LogP contribution in [0.2, 0.25) is 0 Å². The predicted molar refractivity (Wildman–Crippen MR) is 73.6 cm³/mol. The molecule has 1 aromatic heterocycles. The standard InChI is InChI=1S/C11H17BrN4O2/c1-3-5-13-11-15-6-8(12)10(16-11)14-7-9(17)18-4-2/h6H,3-5,7H2,1-2H3,(H2,13,14,15,16). The molecule has 0 spiro atoms. The minimum Gasteiger partial charge on any atom is -0.465 e. The highest BCUT2D eigenvalue weighted by molar-refractivity contribution is 9.10. The van der Waals surface area contributed by atoms with Crippen LogP contribution in [0.1, 0.15) is 20.3 Å². The summed E-state index contributed by atoms with van der Waals surface area (Å²) in [5, 5.41) is 5.98. The van der Waals surface area contributed by atoms with Gasteiger partial charge in [-0.2, -0.15) is 4.98 Å². The Morgan fingerprint density at radius 3 is 2.89 bits per heavy atom. The molecule has 2 N–H and O–H groups in total. The molecule has 0 bridgehead atoms. The number of nitrogens with zero attached hydrogens (tertiary/aromatic N) is 2. The van der Waals surface area contributed by atoms with Crippen LogP contribution in [0.25, 0.3) is 0 Å². The van der Waals surface area contributed by atoms with Crippen molar-refractivity contribution >= 4 is 33.7 Å². The van der Waals surface area contributed by atoms with Crippen molar-refractivity contribution in [1.29, 1.82) is 0 Å². The molecule has 0 saturated carbocycles. The monoisotopic (exact) mass is 316 g/mol. The molecule has 0 aliphatic rings. The normalized spacial score (nSPS) is 9.94. The molecule has 100 valence electrons. The maximum Gasteiger partial charge on any atom is 0.325 e. The van der Waals surface area contributed by atoms with E-state index in [9.17, 15) is 4.79 Å². The summed E-state index contributed by atoms with van der Waals surface area (Å²) in [7, 11) is 0. The maximum atomic E-state index is 11.2. The van der Waals surface area contributed by atoms with E-state index in [0.717, 1.165) is 13.0 Å². The molecule has 18 heavy (non-hydrogen) atoms. The van der Waals surface area contributed by atoms with E-state index in [2.05, 4.69) is 43.5 Å². The van der Waals surface area contributed by atoms with Crippen molar-refractivity contribution in [3.05, 3.63) is 10.7 Å². The Morgan fingerprint density at radius 1 is 1.44 bits per heavy atom. The summed E-state index contributed by atoms with van der Waals surface area (Å²) < 4.78 is 5.53. The minimum atomic E-state index is -0.314. The summed E-state index contributed by atoms with van der Waals surface area (Å²) >= 11 is 3.32. The number of anilines is 2. The first-order chi connectivity index (χ1) is 8.67. The van der Waals surface area contributed by atoms with E-state index in [4.69, 9.17) is 4.74 Å². The largest absolute Gasteiger partial charge is 0.465 e. The Labute approximate surface area is 115 Å². The third-order valence-corrected chi connectivity index (χ3v) is 2.56. The number of rotatable bonds is 7. The molecule has 0 aromatic carbocycles. The van der Waals surface area contributed by atoms with Crippen LogP contribution in [0.4, 0.5) is 11.8 Å². The molecule has 6 nitrogen and oxygen atoms in total. The molecular weight excluding hydrogens is 300 g/mol. The molecule has 0 aliphatic carbocycles. The van der Waals surface area contributed by atoms with Crippen molar-refractivity contribution in [2.75, 3.05) is 30.3 Å². The first kappa shape index (κ1) is 14.7. The van der Waals surface area contributed by atoms with Crippen LogP contribution in [0.5, 0.6) is 0 Å². The number of hydrogen-bond donors (Lipinski definition) is 2. The fraction of sp³-hybridized carbons (Fsp3) is 0.545. The van der Waals surface area contributed by atoms with Crippen LogP contribution in [0.3, 0.4) is 0 Å². The van der Waals surface area contributed by atoms with Crippen LogP contribution >= 0.6 is 15.9 Å². The number of esters is 1. The van der Waals surface area contributed by atoms with E-state index in [1.807, 2.05) is 0 Å². The minimum absolute atomic E-state index is 0.0800. The number of nitrogens with one attached hydrogen (secondary N) is 2. The Bertz CT molecular complexity index is 401. The molecule has 1 rings (SSSR count). The van der Waals surface area contributed by atoms with Crippen molar-refractivity contribution in [1.82, 2.24) is 9.97 Å². The molecule has 0 saturated heterocycles. The highest BCUT2D eigenvalue weighted by Gasteiger charge is 2.07. The lowest BCUT2D eigenvalue weighted by molar-refractivity contribution is -0.140. The second kappa shape index (κ2) is 7.86. The number of ether oxygens (including phenoxy) is 1. The van der Waals surface area contributed by atoms with E-state index in [0.29, 0.717) is 22.8 Å². The average Bonchev–Trinajstić information content (AvgIpc) is 2.36. The van der Waals surface area contributed by atoms with E-state index >= 15 is 0 Å². The van der Waals surface area contributed by atoms with Gasteiger partial charge in [0, 0.05) is 12.7 Å². The van der Waals surface area contributed by atoms with Crippen LogP contribution in [0.15, 0.2) is 10.7 Å². The smallest absolute Gasteiger partial charge is 0.325 e. The molecular formula is C11H17BrN4O2. The zero-order chi connectivity index (χ0) is 13.4. The van der Waals surface area contributed by atoms with Crippen molar-refractivity contribution < 1.29 is 9.53 Å². The van der Waals surface area contributed by atoms with Gasteiger partial charge in [-0.15, -0.1) is 0 Å². The van der Waals surface area contributed by atoms with Crippen molar-refractivity contribution in [3.63, 3.8) is 0 Å². The van der Waals surface area contributed by atoms with Gasteiger partial charge in [0.2, 0.25) is 5.95 Å². The SMILES string of the molecule is CCCNc1ncc(Br)c(NCC(=O)OCC)n1. The third kappa shape index (κ3) is 4.87. The highest BCUT2D eigenvalue weighted by atomic mass is 79.9. The van der Waals surface area contributed by atoms with Crippen LogP contribution in [-0.2, 0) is 9.53 Å². The zero-order valence-corrected chi connectivity index (χ0v) is 12.1. The predicted octanol–water partition coefficient (Wildman–Crippen LogP) is 2.04.